The van der Waals surface area contributed by atoms with E-state index in [9.17, 15) is 20.2 Å². The number of aromatic nitrogens is 1. The summed E-state index contributed by atoms with van der Waals surface area (Å²) in [6, 6.07) is -0.0937. The maximum Gasteiger partial charge on any atom is 0.294 e. The fourth-order valence-electron chi connectivity index (χ4n) is 2.14. The van der Waals surface area contributed by atoms with Crippen molar-refractivity contribution in [2.45, 2.75) is 31.9 Å². The van der Waals surface area contributed by atoms with Crippen LogP contribution in [0.4, 0.5) is 0 Å². The lowest BCUT2D eigenvalue weighted by Gasteiger charge is -2.06. The van der Waals surface area contributed by atoms with Gasteiger partial charge in [-0.05, 0) is 13.3 Å². The quantitative estimate of drug-likeness (QED) is 0.577. The maximum absolute atomic E-state index is 10.3. The van der Waals surface area contributed by atoms with Crippen molar-refractivity contribution in [1.82, 2.24) is 10.3 Å². The van der Waals surface area contributed by atoms with Gasteiger partial charge in [0.2, 0.25) is 0 Å². The first-order chi connectivity index (χ1) is 9.95. The fraction of sp³-hybridized carbons (Fsp3) is 0.700. The van der Waals surface area contributed by atoms with Crippen LogP contribution in [0.15, 0.2) is 0 Å². The zero-order chi connectivity index (χ0) is 15.4. The van der Waals surface area contributed by atoms with Gasteiger partial charge in [0.05, 0.1) is 11.7 Å². The highest BCUT2D eigenvalue weighted by molar-refractivity contribution is 7.11. The van der Waals surface area contributed by atoms with Gasteiger partial charge in [-0.2, -0.15) is 0 Å². The summed E-state index contributed by atoms with van der Waals surface area (Å²) in [5, 5.41) is 22.7. The predicted octanol–water partition coefficient (Wildman–Crippen LogP) is 0.814. The van der Waals surface area contributed by atoms with Gasteiger partial charge in [-0.25, -0.2) is 4.98 Å². The number of aryl methyl sites for hydroxylation is 1. The van der Waals surface area contributed by atoms with Crippen LogP contribution in [0, 0.1) is 27.2 Å². The van der Waals surface area contributed by atoms with Crippen molar-refractivity contribution >= 4 is 11.3 Å². The maximum atomic E-state index is 10.3. The number of hydrogen-bond donors (Lipinski definition) is 1. The van der Waals surface area contributed by atoms with Gasteiger partial charge in [-0.1, -0.05) is 0 Å². The second kappa shape index (κ2) is 6.63. The normalized spacial score (nSPS) is 21.2. The van der Waals surface area contributed by atoms with E-state index in [0.717, 1.165) is 15.6 Å². The zero-order valence-electron chi connectivity index (χ0n) is 11.2. The van der Waals surface area contributed by atoms with Crippen LogP contribution >= 0.6 is 11.3 Å². The number of thiazole rings is 1. The lowest BCUT2D eigenvalue weighted by Crippen LogP contribution is -2.19. The van der Waals surface area contributed by atoms with Gasteiger partial charge >= 0.3 is 0 Å². The molecule has 1 aromatic heterocycles. The van der Waals surface area contributed by atoms with Gasteiger partial charge < -0.3 is 15.0 Å². The van der Waals surface area contributed by atoms with Gasteiger partial charge in [0.25, 0.3) is 10.2 Å². The molecule has 1 fully saturated rings. The molecule has 2 heterocycles. The first kappa shape index (κ1) is 15.4. The molecular formula is C10H14N4O6S. The minimum Gasteiger partial charge on any atom is -0.314 e. The smallest absolute Gasteiger partial charge is 0.294 e. The highest BCUT2D eigenvalue weighted by atomic mass is 32.1. The zero-order valence-corrected chi connectivity index (χ0v) is 12.0. The minimum absolute atomic E-state index is 0.0133. The Morgan fingerprint density at radius 3 is 2.86 bits per heavy atom. The van der Waals surface area contributed by atoms with Crippen molar-refractivity contribution in [3.8, 4) is 0 Å². The third kappa shape index (κ3) is 4.23. The molecule has 0 bridgehead atoms. The lowest BCUT2D eigenvalue weighted by atomic mass is 10.2. The summed E-state index contributed by atoms with van der Waals surface area (Å²) >= 11 is 1.43. The van der Waals surface area contributed by atoms with Crippen LogP contribution in [0.3, 0.4) is 0 Å². The summed E-state index contributed by atoms with van der Waals surface area (Å²) in [5.74, 6) is 0. The Morgan fingerprint density at radius 2 is 2.19 bits per heavy atom. The highest BCUT2D eigenvalue weighted by Crippen LogP contribution is 2.30. The molecule has 1 unspecified atom stereocenters. The third-order valence-corrected chi connectivity index (χ3v) is 4.39. The molecule has 0 radical (unpaired) electrons. The van der Waals surface area contributed by atoms with Crippen molar-refractivity contribution in [2.75, 3.05) is 13.2 Å². The van der Waals surface area contributed by atoms with Gasteiger partial charge in [0.15, 0.2) is 0 Å². The van der Waals surface area contributed by atoms with Crippen LogP contribution in [0.5, 0.6) is 0 Å². The van der Waals surface area contributed by atoms with Crippen LogP contribution in [0.1, 0.15) is 28.0 Å². The summed E-state index contributed by atoms with van der Waals surface area (Å²) in [5.41, 5.74) is 0.794. The molecule has 1 aliphatic rings. The van der Waals surface area contributed by atoms with Gasteiger partial charge in [0, 0.05) is 17.8 Å². The summed E-state index contributed by atoms with van der Waals surface area (Å²) in [7, 11) is 0. The second-order valence-corrected chi connectivity index (χ2v) is 5.63. The van der Waals surface area contributed by atoms with E-state index in [1.807, 2.05) is 6.92 Å². The Morgan fingerprint density at radius 1 is 1.43 bits per heavy atom. The summed E-state index contributed by atoms with van der Waals surface area (Å²) in [4.78, 5) is 34.5. The molecule has 116 valence electrons. The summed E-state index contributed by atoms with van der Waals surface area (Å²) in [6.45, 7) is 2.20. The predicted molar refractivity (Wildman–Crippen MR) is 70.7 cm³/mol. The molecule has 10 nitrogen and oxygen atoms in total. The summed E-state index contributed by atoms with van der Waals surface area (Å²) < 4.78 is 0. The van der Waals surface area contributed by atoms with E-state index in [1.165, 1.54) is 11.3 Å². The van der Waals surface area contributed by atoms with Crippen LogP contribution < -0.4 is 5.32 Å². The van der Waals surface area contributed by atoms with E-state index < -0.39 is 16.3 Å². The Hall–Kier alpha value is -2.01. The molecule has 0 aromatic carbocycles. The van der Waals surface area contributed by atoms with Crippen molar-refractivity contribution in [3.63, 3.8) is 0 Å². The van der Waals surface area contributed by atoms with Crippen LogP contribution in [0.25, 0.3) is 0 Å². The number of nitrogens with one attached hydrogen (secondary N) is 1. The van der Waals surface area contributed by atoms with Gasteiger partial charge in [0.1, 0.15) is 17.7 Å². The van der Waals surface area contributed by atoms with Crippen molar-refractivity contribution in [3.05, 3.63) is 35.8 Å². The molecule has 0 amide bonds. The van der Waals surface area contributed by atoms with Crippen LogP contribution in [-0.4, -0.2) is 34.4 Å². The minimum atomic E-state index is -0.824. The standard InChI is InChI=1S/C10H14N4O6S/c1-6-9(2-3-19-13(15)16)21-10(12-6)8-4-7(5-11-8)20-14(17)18/h7-8,11H,2-5H2,1H3/t7?,8-/m0/s1. The van der Waals surface area contributed by atoms with Crippen LogP contribution in [0.2, 0.25) is 0 Å². The molecule has 1 saturated heterocycles. The summed E-state index contributed by atoms with van der Waals surface area (Å²) in [6.07, 6.45) is 0.403. The largest absolute Gasteiger partial charge is 0.314 e. The number of rotatable bonds is 7. The van der Waals surface area contributed by atoms with Gasteiger partial charge in [-0.15, -0.1) is 31.6 Å². The Kier molecular flexibility index (Phi) is 4.85. The first-order valence-corrected chi connectivity index (χ1v) is 7.05. The molecule has 11 heteroatoms. The van der Waals surface area contributed by atoms with E-state index in [-0.39, 0.29) is 12.6 Å². The molecule has 2 rings (SSSR count). The van der Waals surface area contributed by atoms with Crippen molar-refractivity contribution < 1.29 is 19.8 Å². The topological polar surface area (TPSA) is 130 Å². The average Bonchev–Trinajstić information content (AvgIpc) is 2.96. The van der Waals surface area contributed by atoms with Crippen LogP contribution in [-0.2, 0) is 16.1 Å². The molecule has 1 N–H and O–H groups in total. The van der Waals surface area contributed by atoms with Gasteiger partial charge in [-0.3, -0.25) is 0 Å². The van der Waals surface area contributed by atoms with Crippen molar-refractivity contribution in [1.29, 1.82) is 0 Å². The molecular weight excluding hydrogens is 304 g/mol. The molecule has 1 aliphatic heterocycles. The van der Waals surface area contributed by atoms with E-state index in [0.29, 0.717) is 19.4 Å². The highest BCUT2D eigenvalue weighted by Gasteiger charge is 2.30. The molecule has 21 heavy (non-hydrogen) atoms. The first-order valence-electron chi connectivity index (χ1n) is 6.23. The van der Waals surface area contributed by atoms with E-state index in [4.69, 9.17) is 0 Å². The number of hydrogen-bond acceptors (Lipinski definition) is 9. The molecule has 0 aliphatic carbocycles. The Bertz CT molecular complexity index is 536. The fourth-order valence-corrected chi connectivity index (χ4v) is 3.27. The van der Waals surface area contributed by atoms with E-state index in [2.05, 4.69) is 20.0 Å². The molecule has 0 spiro atoms. The lowest BCUT2D eigenvalue weighted by molar-refractivity contribution is -0.767. The van der Waals surface area contributed by atoms with E-state index >= 15 is 0 Å². The SMILES string of the molecule is Cc1nc([C@@H]2CC(O[N+](=O)[O-])CN2)sc1CCO[N+](=O)[O-]. The van der Waals surface area contributed by atoms with E-state index in [1.54, 1.807) is 0 Å². The number of nitrogens with zero attached hydrogens (tertiary/aromatic N) is 3. The average molecular weight is 318 g/mol. The Balaban J connectivity index is 1.92. The third-order valence-electron chi connectivity index (χ3n) is 3.06. The Labute approximate surface area is 123 Å². The molecule has 0 saturated carbocycles. The monoisotopic (exact) mass is 318 g/mol. The second-order valence-electron chi connectivity index (χ2n) is 4.52. The molecule has 1 aromatic rings. The molecule has 2 atom stereocenters. The van der Waals surface area contributed by atoms with Crippen molar-refractivity contribution in [2.24, 2.45) is 0 Å².